The van der Waals surface area contributed by atoms with Crippen LogP contribution in [0.1, 0.15) is 6.92 Å². The van der Waals surface area contributed by atoms with E-state index in [0.29, 0.717) is 0 Å². The zero-order valence-electron chi connectivity index (χ0n) is 6.83. The molecule has 0 saturated heterocycles. The molecule has 0 amide bonds. The van der Waals surface area contributed by atoms with Crippen LogP contribution in [0, 0.1) is 0 Å². The third kappa shape index (κ3) is 23.0. The molecule has 0 aromatic rings. The van der Waals surface area contributed by atoms with Gasteiger partial charge in [0, 0.05) is 0 Å². The van der Waals surface area contributed by atoms with Gasteiger partial charge in [-0.3, -0.25) is 0 Å². The topological polar surface area (TPSA) is 80.3 Å². The van der Waals surface area contributed by atoms with Gasteiger partial charge in [0.2, 0.25) is 0 Å². The molecule has 0 saturated carbocycles. The van der Waals surface area contributed by atoms with Crippen molar-refractivity contribution in [2.24, 2.45) is 0 Å². The summed E-state index contributed by atoms with van der Waals surface area (Å²) in [5.41, 5.74) is 0.0648. The third-order valence-corrected chi connectivity index (χ3v) is 0.515. The van der Waals surface area contributed by atoms with E-state index in [1.165, 1.54) is 6.92 Å². The zero-order chi connectivity index (χ0) is 9.44. The average Bonchev–Trinajstić information content (AvgIpc) is 1.89. The first-order valence-corrected chi connectivity index (χ1v) is 2.62. The summed E-state index contributed by atoms with van der Waals surface area (Å²) >= 11 is 0. The molecular weight excluding hydrogens is 213 g/mol. The predicted molar refractivity (Wildman–Crippen MR) is 35.0 cm³/mol. The van der Waals surface area contributed by atoms with E-state index >= 15 is 0 Å². The molecular formula is C7H8O4Zn. The summed E-state index contributed by atoms with van der Waals surface area (Å²) in [6, 6.07) is 0. The van der Waals surface area contributed by atoms with Gasteiger partial charge in [-0.05, 0) is 18.6 Å². The second-order valence-electron chi connectivity index (χ2n) is 1.59. The maximum absolute atomic E-state index is 9.49. The minimum absolute atomic E-state index is 0. The number of rotatable bonds is 2. The molecule has 0 aromatic heterocycles. The van der Waals surface area contributed by atoms with Crippen LogP contribution >= 0.6 is 0 Å². The Balaban J connectivity index is -0.000000126. The molecule has 0 aliphatic heterocycles. The van der Waals surface area contributed by atoms with Crippen molar-refractivity contribution in [3.63, 3.8) is 0 Å². The van der Waals surface area contributed by atoms with E-state index in [-0.39, 0.29) is 25.1 Å². The van der Waals surface area contributed by atoms with Gasteiger partial charge in [0.15, 0.2) is 0 Å². The molecule has 0 fully saturated rings. The fourth-order valence-corrected chi connectivity index (χ4v) is 0. The summed E-state index contributed by atoms with van der Waals surface area (Å²) in [4.78, 5) is 18.6. The van der Waals surface area contributed by atoms with E-state index < -0.39 is 11.9 Å². The molecule has 4 nitrogen and oxygen atoms in total. The van der Waals surface area contributed by atoms with E-state index in [1.54, 1.807) is 0 Å². The van der Waals surface area contributed by atoms with Crippen LogP contribution in [-0.4, -0.2) is 11.9 Å². The molecule has 0 heterocycles. The fraction of sp³-hybridized carbons (Fsp3) is 0.143. The monoisotopic (exact) mass is 220 g/mol. The van der Waals surface area contributed by atoms with Crippen molar-refractivity contribution in [2.75, 3.05) is 0 Å². The maximum atomic E-state index is 9.49. The summed E-state index contributed by atoms with van der Waals surface area (Å²) in [7, 11) is 0. The number of hydrogen-bond donors (Lipinski definition) is 0. The van der Waals surface area contributed by atoms with Gasteiger partial charge in [-0.2, -0.15) is 0 Å². The standard InChI is InChI=1S/C4H6O2.C3H4O2.Zn/c1-3(2)4(5)6;1-2-3(4)5;/h1H2,2H3,(H,5,6);2H,1H2,(H,4,5);/q;;+2/p-2. The van der Waals surface area contributed by atoms with E-state index in [9.17, 15) is 9.90 Å². The summed E-state index contributed by atoms with van der Waals surface area (Å²) in [5.74, 6) is -2.42. The molecule has 0 unspecified atom stereocenters. The van der Waals surface area contributed by atoms with Gasteiger partial charge in [-0.15, -0.1) is 0 Å². The Kier molecular flexibility index (Phi) is 14.4. The van der Waals surface area contributed by atoms with Crippen molar-refractivity contribution in [3.05, 3.63) is 24.8 Å². The number of hydrogen-bond acceptors (Lipinski definition) is 4. The summed E-state index contributed by atoms with van der Waals surface area (Å²) in [6.07, 6.45) is 0.722. The first-order chi connectivity index (χ1) is 4.91. The summed E-state index contributed by atoms with van der Waals surface area (Å²) in [5, 5.41) is 18.6. The van der Waals surface area contributed by atoms with Gasteiger partial charge < -0.3 is 19.8 Å². The second-order valence-corrected chi connectivity index (χ2v) is 1.59. The number of carbonyl (C=O) groups is 2. The first kappa shape index (κ1) is 17.2. The van der Waals surface area contributed by atoms with Crippen molar-refractivity contribution in [1.29, 1.82) is 0 Å². The van der Waals surface area contributed by atoms with Crippen molar-refractivity contribution in [2.45, 2.75) is 6.92 Å². The number of carboxylic acid groups (broad SMARTS) is 2. The molecule has 0 N–H and O–H groups in total. The molecule has 0 radical (unpaired) electrons. The minimum Gasteiger partial charge on any atom is -0.545 e. The quantitative estimate of drug-likeness (QED) is 0.408. The van der Waals surface area contributed by atoms with Gasteiger partial charge in [-0.25, -0.2) is 0 Å². The van der Waals surface area contributed by atoms with Crippen LogP contribution in [-0.2, 0) is 29.1 Å². The molecule has 62 valence electrons. The van der Waals surface area contributed by atoms with E-state index in [1.807, 2.05) is 0 Å². The van der Waals surface area contributed by atoms with E-state index in [4.69, 9.17) is 9.90 Å². The maximum Gasteiger partial charge on any atom is 2.00 e. The van der Waals surface area contributed by atoms with Crippen LogP contribution in [0.3, 0.4) is 0 Å². The Labute approximate surface area is 83.4 Å². The molecule has 0 rings (SSSR count). The predicted octanol–water partition coefficient (Wildman–Crippen LogP) is -1.77. The van der Waals surface area contributed by atoms with Crippen molar-refractivity contribution in [3.8, 4) is 0 Å². The van der Waals surface area contributed by atoms with E-state index in [2.05, 4.69) is 13.2 Å². The normalized spacial score (nSPS) is 6.42. The smallest absolute Gasteiger partial charge is 0.545 e. The Hall–Kier alpha value is -0.957. The number of carboxylic acids is 2. The zero-order valence-corrected chi connectivity index (χ0v) is 9.80. The SMILES string of the molecule is C=C(C)C(=O)[O-].C=CC(=O)[O-].[Zn+2]. The Morgan fingerprint density at radius 1 is 1.33 bits per heavy atom. The van der Waals surface area contributed by atoms with Gasteiger partial charge in [0.25, 0.3) is 0 Å². The molecule has 12 heavy (non-hydrogen) atoms. The second kappa shape index (κ2) is 10.0. The summed E-state index contributed by atoms with van der Waals surface area (Å²) < 4.78 is 0. The minimum atomic E-state index is -1.23. The van der Waals surface area contributed by atoms with Crippen molar-refractivity contribution in [1.82, 2.24) is 0 Å². The van der Waals surface area contributed by atoms with Gasteiger partial charge in [0.1, 0.15) is 0 Å². The number of carbonyl (C=O) groups excluding carboxylic acids is 2. The Bertz CT molecular complexity index is 174. The molecule has 0 aliphatic rings. The Morgan fingerprint density at radius 3 is 1.50 bits per heavy atom. The van der Waals surface area contributed by atoms with Crippen molar-refractivity contribution >= 4 is 11.9 Å². The van der Waals surface area contributed by atoms with Gasteiger partial charge in [0.05, 0.1) is 11.9 Å². The van der Waals surface area contributed by atoms with Crippen LogP contribution in [0.25, 0.3) is 0 Å². The molecule has 0 spiro atoms. The fourth-order valence-electron chi connectivity index (χ4n) is 0. The van der Waals surface area contributed by atoms with Crippen LogP contribution in [0.15, 0.2) is 24.8 Å². The molecule has 5 heteroatoms. The Morgan fingerprint density at radius 2 is 1.50 bits per heavy atom. The van der Waals surface area contributed by atoms with Gasteiger partial charge in [-0.1, -0.05) is 13.2 Å². The van der Waals surface area contributed by atoms with Crippen LogP contribution in [0.5, 0.6) is 0 Å². The van der Waals surface area contributed by atoms with Crippen molar-refractivity contribution < 1.29 is 39.3 Å². The average molecular weight is 222 g/mol. The van der Waals surface area contributed by atoms with Crippen LogP contribution < -0.4 is 10.2 Å². The van der Waals surface area contributed by atoms with E-state index in [0.717, 1.165) is 6.08 Å². The first-order valence-electron chi connectivity index (χ1n) is 2.62. The third-order valence-electron chi connectivity index (χ3n) is 0.515. The number of aliphatic carboxylic acids is 2. The van der Waals surface area contributed by atoms with Crippen LogP contribution in [0.4, 0.5) is 0 Å². The molecule has 0 aliphatic carbocycles. The van der Waals surface area contributed by atoms with Crippen LogP contribution in [0.2, 0.25) is 0 Å². The summed E-state index contributed by atoms with van der Waals surface area (Å²) in [6.45, 7) is 7.38. The largest absolute Gasteiger partial charge is 2.00 e. The molecule has 0 aromatic carbocycles. The molecule has 0 bridgehead atoms. The molecule has 0 atom stereocenters. The van der Waals surface area contributed by atoms with Gasteiger partial charge >= 0.3 is 19.5 Å².